The summed E-state index contributed by atoms with van der Waals surface area (Å²) in [6.07, 6.45) is -7.31. The quantitative estimate of drug-likeness (QED) is 0.541. The van der Waals surface area contributed by atoms with Crippen molar-refractivity contribution in [3.63, 3.8) is 0 Å². The fourth-order valence-electron chi connectivity index (χ4n) is 0.484. The van der Waals surface area contributed by atoms with E-state index in [-0.39, 0.29) is 0 Å². The predicted octanol–water partition coefficient (Wildman–Crippen LogP) is 3.93. The fourth-order valence-corrected chi connectivity index (χ4v) is 0.820. The molecule has 0 aromatic heterocycles. The Labute approximate surface area is 90.1 Å². The van der Waals surface area contributed by atoms with Crippen LogP contribution >= 0.6 is 34.8 Å². The SMILES string of the molecule is FC(Cl)C(F)C(F)C(F)(F)C(F)(Cl)Cl. The van der Waals surface area contributed by atoms with E-state index < -0.39 is 28.5 Å². The molecule has 0 spiro atoms. The van der Waals surface area contributed by atoms with Crippen LogP contribution in [-0.2, 0) is 0 Å². The Morgan fingerprint density at radius 2 is 1.29 bits per heavy atom. The molecule has 14 heavy (non-hydrogen) atoms. The zero-order valence-electron chi connectivity index (χ0n) is 6.13. The van der Waals surface area contributed by atoms with E-state index in [0.29, 0.717) is 0 Å². The van der Waals surface area contributed by atoms with Crippen molar-refractivity contribution in [2.45, 2.75) is 28.5 Å². The van der Waals surface area contributed by atoms with Crippen molar-refractivity contribution in [2.75, 3.05) is 0 Å². The second-order valence-corrected chi connectivity index (χ2v) is 3.95. The van der Waals surface area contributed by atoms with Gasteiger partial charge in [0.1, 0.15) is 0 Å². The summed E-state index contributed by atoms with van der Waals surface area (Å²) in [6.45, 7) is 0. The molecule has 0 aliphatic heterocycles. The van der Waals surface area contributed by atoms with Gasteiger partial charge < -0.3 is 0 Å². The Balaban J connectivity index is 4.75. The maximum absolute atomic E-state index is 12.5. The molecule has 3 unspecified atom stereocenters. The summed E-state index contributed by atoms with van der Waals surface area (Å²) in [5.41, 5.74) is -3.05. The van der Waals surface area contributed by atoms with Gasteiger partial charge in [-0.1, -0.05) is 34.8 Å². The maximum Gasteiger partial charge on any atom is 0.343 e. The molecule has 0 bridgehead atoms. The lowest BCUT2D eigenvalue weighted by Crippen LogP contribution is -2.49. The van der Waals surface area contributed by atoms with Crippen molar-refractivity contribution in [1.82, 2.24) is 0 Å². The first kappa shape index (κ1) is 14.5. The van der Waals surface area contributed by atoms with Crippen molar-refractivity contribution in [3.05, 3.63) is 0 Å². The molecule has 0 amide bonds. The van der Waals surface area contributed by atoms with Crippen molar-refractivity contribution < 1.29 is 26.3 Å². The molecule has 0 aliphatic rings. The minimum atomic E-state index is -5.10. The highest BCUT2D eigenvalue weighted by atomic mass is 35.5. The minimum Gasteiger partial charge on any atom is -0.239 e. The average molecular weight is 283 g/mol. The molecule has 0 fully saturated rings. The molecule has 86 valence electrons. The summed E-state index contributed by atoms with van der Waals surface area (Å²) < 4.78 is 69.5. The number of hydrogen-bond acceptors (Lipinski definition) is 0. The second kappa shape index (κ2) is 4.53. The van der Waals surface area contributed by atoms with E-state index in [1.807, 2.05) is 0 Å². The summed E-state index contributed by atoms with van der Waals surface area (Å²) in [6, 6.07) is 0. The van der Waals surface area contributed by atoms with Gasteiger partial charge in [0.2, 0.25) is 11.8 Å². The molecule has 9 heteroatoms. The van der Waals surface area contributed by atoms with Crippen LogP contribution in [0.4, 0.5) is 26.3 Å². The summed E-state index contributed by atoms with van der Waals surface area (Å²) in [7, 11) is 0. The molecule has 0 aliphatic carbocycles. The van der Waals surface area contributed by atoms with Crippen molar-refractivity contribution in [2.24, 2.45) is 0 Å². The van der Waals surface area contributed by atoms with Gasteiger partial charge in [0.25, 0.3) is 0 Å². The summed E-state index contributed by atoms with van der Waals surface area (Å²) >= 11 is 12.8. The topological polar surface area (TPSA) is 0 Å². The highest BCUT2D eigenvalue weighted by Gasteiger charge is 2.62. The third kappa shape index (κ3) is 2.97. The van der Waals surface area contributed by atoms with Crippen LogP contribution < -0.4 is 0 Å². The average Bonchev–Trinajstić information content (AvgIpc) is 1.99. The van der Waals surface area contributed by atoms with E-state index >= 15 is 0 Å². The highest BCUT2D eigenvalue weighted by molar-refractivity contribution is 6.47. The van der Waals surface area contributed by atoms with Crippen LogP contribution in [0.5, 0.6) is 0 Å². The van der Waals surface area contributed by atoms with Crippen molar-refractivity contribution in [3.8, 4) is 0 Å². The van der Waals surface area contributed by atoms with Gasteiger partial charge in [0.15, 0.2) is 6.17 Å². The number of alkyl halides is 9. The molecule has 0 saturated carbocycles. The third-order valence-electron chi connectivity index (χ3n) is 1.24. The molecule has 0 radical (unpaired) electrons. The van der Waals surface area contributed by atoms with Gasteiger partial charge in [-0.15, -0.1) is 0 Å². The first-order valence-electron chi connectivity index (χ1n) is 3.02. The first-order valence-corrected chi connectivity index (χ1v) is 4.22. The minimum absolute atomic E-state index is 3.05. The predicted molar refractivity (Wildman–Crippen MR) is 41.0 cm³/mol. The van der Waals surface area contributed by atoms with E-state index in [1.54, 1.807) is 0 Å². The number of halogens is 9. The number of rotatable bonds is 4. The lowest BCUT2D eigenvalue weighted by molar-refractivity contribution is -0.141. The van der Waals surface area contributed by atoms with Crippen LogP contribution in [0.15, 0.2) is 0 Å². The van der Waals surface area contributed by atoms with Crippen LogP contribution in [0.1, 0.15) is 0 Å². The van der Waals surface area contributed by atoms with Gasteiger partial charge in [-0.25, -0.2) is 17.6 Å². The smallest absolute Gasteiger partial charge is 0.239 e. The van der Waals surface area contributed by atoms with Gasteiger partial charge in [0, 0.05) is 0 Å². The van der Waals surface area contributed by atoms with Crippen molar-refractivity contribution >= 4 is 34.8 Å². The molecule has 0 aromatic carbocycles. The zero-order chi connectivity index (χ0) is 11.7. The van der Waals surface area contributed by atoms with Crippen LogP contribution in [-0.4, -0.2) is 28.5 Å². The molecule has 0 rings (SSSR count). The molecule has 0 heterocycles. The monoisotopic (exact) mass is 282 g/mol. The Morgan fingerprint density at radius 3 is 1.50 bits per heavy atom. The fraction of sp³-hybridized carbons (Fsp3) is 1.00. The van der Waals surface area contributed by atoms with E-state index in [9.17, 15) is 26.3 Å². The Bertz CT molecular complexity index is 190. The van der Waals surface area contributed by atoms with Crippen molar-refractivity contribution in [1.29, 1.82) is 0 Å². The third-order valence-corrected chi connectivity index (χ3v) is 1.99. The Hall–Kier alpha value is 0.450. The molecule has 0 N–H and O–H groups in total. The molecule has 3 atom stereocenters. The number of hydrogen-bond donors (Lipinski definition) is 0. The van der Waals surface area contributed by atoms with Gasteiger partial charge >= 0.3 is 10.5 Å². The van der Waals surface area contributed by atoms with Crippen LogP contribution in [0.25, 0.3) is 0 Å². The Kier molecular flexibility index (Phi) is 4.68. The first-order chi connectivity index (χ1) is 6.01. The normalized spacial score (nSPS) is 20.4. The summed E-state index contributed by atoms with van der Waals surface area (Å²) in [5, 5.41) is 0. The Morgan fingerprint density at radius 1 is 0.929 bits per heavy atom. The standard InChI is InChI=1S/C5H3Cl3F6/c6-3(11)1(9)2(10)4(12,13)5(7,8)14/h1-3H. The second-order valence-electron chi connectivity index (χ2n) is 2.30. The largest absolute Gasteiger partial charge is 0.343 e. The van der Waals surface area contributed by atoms with Gasteiger partial charge in [-0.05, 0) is 0 Å². The molecule has 0 nitrogen and oxygen atoms in total. The zero-order valence-corrected chi connectivity index (χ0v) is 8.40. The van der Waals surface area contributed by atoms with E-state index in [1.165, 1.54) is 0 Å². The summed E-state index contributed by atoms with van der Waals surface area (Å²) in [5.74, 6) is -5.10. The lowest BCUT2D eigenvalue weighted by atomic mass is 10.1. The molecule has 0 aromatic rings. The van der Waals surface area contributed by atoms with Gasteiger partial charge in [-0.3, -0.25) is 0 Å². The molecular weight excluding hydrogens is 280 g/mol. The molecular formula is C5H3Cl3F6. The van der Waals surface area contributed by atoms with E-state index in [4.69, 9.17) is 0 Å². The lowest BCUT2D eigenvalue weighted by Gasteiger charge is -2.27. The van der Waals surface area contributed by atoms with Crippen LogP contribution in [0, 0.1) is 0 Å². The van der Waals surface area contributed by atoms with Gasteiger partial charge in [-0.2, -0.15) is 8.78 Å². The van der Waals surface area contributed by atoms with Gasteiger partial charge in [0.05, 0.1) is 0 Å². The van der Waals surface area contributed by atoms with Crippen LogP contribution in [0.3, 0.4) is 0 Å². The van der Waals surface area contributed by atoms with E-state index in [0.717, 1.165) is 0 Å². The highest BCUT2D eigenvalue weighted by Crippen LogP contribution is 2.45. The molecule has 0 saturated heterocycles. The maximum atomic E-state index is 12.5. The summed E-state index contributed by atoms with van der Waals surface area (Å²) in [4.78, 5) is 0. The van der Waals surface area contributed by atoms with Crippen LogP contribution in [0.2, 0.25) is 0 Å². The van der Waals surface area contributed by atoms with E-state index in [2.05, 4.69) is 34.8 Å².